The molecule has 0 saturated carbocycles. The predicted octanol–water partition coefficient (Wildman–Crippen LogP) is 2.96. The maximum Gasteiger partial charge on any atom is 0.133 e. The van der Waals surface area contributed by atoms with E-state index < -0.39 is 0 Å². The van der Waals surface area contributed by atoms with Gasteiger partial charge in [0.2, 0.25) is 0 Å². The van der Waals surface area contributed by atoms with Crippen LogP contribution in [0.15, 0.2) is 42.6 Å². The van der Waals surface area contributed by atoms with Crippen molar-refractivity contribution in [3.05, 3.63) is 48.4 Å². The zero-order chi connectivity index (χ0) is 12.3. The van der Waals surface area contributed by atoms with Crippen molar-refractivity contribution in [1.29, 1.82) is 0 Å². The van der Waals surface area contributed by atoms with E-state index in [0.29, 0.717) is 12.2 Å². The Labute approximate surface area is 99.7 Å². The van der Waals surface area contributed by atoms with Gasteiger partial charge in [0, 0.05) is 12.2 Å². The summed E-state index contributed by atoms with van der Waals surface area (Å²) in [7, 11) is 0. The zero-order valence-corrected chi connectivity index (χ0v) is 9.60. The predicted molar refractivity (Wildman–Crippen MR) is 67.7 cm³/mol. The van der Waals surface area contributed by atoms with Gasteiger partial charge in [-0.3, -0.25) is 0 Å². The van der Waals surface area contributed by atoms with E-state index in [4.69, 9.17) is 5.73 Å². The lowest BCUT2D eigenvalue weighted by Gasteiger charge is -2.22. The van der Waals surface area contributed by atoms with Gasteiger partial charge in [0.25, 0.3) is 0 Å². The molecule has 0 unspecified atom stereocenters. The fourth-order valence-electron chi connectivity index (χ4n) is 1.68. The second-order valence-corrected chi connectivity index (χ2v) is 3.67. The van der Waals surface area contributed by atoms with Crippen molar-refractivity contribution in [1.82, 2.24) is 4.98 Å². The molecular weight excluding hydrogens is 217 g/mol. The van der Waals surface area contributed by atoms with Crippen molar-refractivity contribution in [2.75, 3.05) is 17.2 Å². The van der Waals surface area contributed by atoms with Crippen LogP contribution in [-0.2, 0) is 0 Å². The lowest BCUT2D eigenvalue weighted by Crippen LogP contribution is -2.17. The largest absolute Gasteiger partial charge is 0.397 e. The number of anilines is 3. The maximum atomic E-state index is 13.2. The monoisotopic (exact) mass is 231 g/mol. The molecule has 0 atom stereocenters. The molecule has 0 fully saturated rings. The van der Waals surface area contributed by atoms with E-state index in [1.165, 1.54) is 12.1 Å². The molecule has 2 rings (SSSR count). The summed E-state index contributed by atoms with van der Waals surface area (Å²) in [4.78, 5) is 6.15. The minimum atomic E-state index is -0.253. The lowest BCUT2D eigenvalue weighted by atomic mass is 10.2. The highest BCUT2D eigenvalue weighted by Crippen LogP contribution is 2.23. The van der Waals surface area contributed by atoms with Gasteiger partial charge in [-0.2, -0.15) is 0 Å². The SMILES string of the molecule is CCN(c1cccc(F)c1)c1ccc(N)cn1. The third-order valence-electron chi connectivity index (χ3n) is 2.48. The van der Waals surface area contributed by atoms with Gasteiger partial charge in [0.15, 0.2) is 0 Å². The molecule has 0 bridgehead atoms. The first-order valence-electron chi connectivity index (χ1n) is 5.45. The number of hydrogen-bond acceptors (Lipinski definition) is 3. The molecule has 0 aliphatic heterocycles. The van der Waals surface area contributed by atoms with E-state index >= 15 is 0 Å². The molecule has 2 aromatic rings. The third kappa shape index (κ3) is 2.53. The number of nitrogen functional groups attached to an aromatic ring is 1. The molecule has 0 amide bonds. The van der Waals surface area contributed by atoms with E-state index in [1.54, 1.807) is 18.3 Å². The summed E-state index contributed by atoms with van der Waals surface area (Å²) in [6, 6.07) is 10.1. The fourth-order valence-corrected chi connectivity index (χ4v) is 1.68. The Bertz CT molecular complexity index is 496. The van der Waals surface area contributed by atoms with Crippen LogP contribution in [-0.4, -0.2) is 11.5 Å². The van der Waals surface area contributed by atoms with Crippen molar-refractivity contribution < 1.29 is 4.39 Å². The number of rotatable bonds is 3. The van der Waals surface area contributed by atoms with E-state index in [-0.39, 0.29) is 5.82 Å². The first-order valence-corrected chi connectivity index (χ1v) is 5.45. The van der Waals surface area contributed by atoms with E-state index in [2.05, 4.69) is 4.98 Å². The number of halogens is 1. The zero-order valence-electron chi connectivity index (χ0n) is 9.60. The Kier molecular flexibility index (Phi) is 3.23. The van der Waals surface area contributed by atoms with Crippen molar-refractivity contribution in [3.63, 3.8) is 0 Å². The van der Waals surface area contributed by atoms with Crippen LogP contribution in [0.5, 0.6) is 0 Å². The minimum absolute atomic E-state index is 0.253. The van der Waals surface area contributed by atoms with Crippen LogP contribution in [0.2, 0.25) is 0 Å². The van der Waals surface area contributed by atoms with Crippen molar-refractivity contribution in [3.8, 4) is 0 Å². The number of hydrogen-bond donors (Lipinski definition) is 1. The first kappa shape index (κ1) is 11.4. The molecule has 3 nitrogen and oxygen atoms in total. The minimum Gasteiger partial charge on any atom is -0.397 e. The van der Waals surface area contributed by atoms with Crippen LogP contribution in [0.4, 0.5) is 21.6 Å². The van der Waals surface area contributed by atoms with Crippen LogP contribution < -0.4 is 10.6 Å². The number of nitrogens with two attached hydrogens (primary N) is 1. The Morgan fingerprint density at radius 3 is 2.71 bits per heavy atom. The molecular formula is C13H14FN3. The van der Waals surface area contributed by atoms with Crippen molar-refractivity contribution in [2.45, 2.75) is 6.92 Å². The average molecular weight is 231 g/mol. The van der Waals surface area contributed by atoms with E-state index in [9.17, 15) is 4.39 Å². The summed E-state index contributed by atoms with van der Waals surface area (Å²) in [5.74, 6) is 0.503. The summed E-state index contributed by atoms with van der Waals surface area (Å²) >= 11 is 0. The molecule has 4 heteroatoms. The molecule has 0 spiro atoms. The number of benzene rings is 1. The maximum absolute atomic E-state index is 13.2. The van der Waals surface area contributed by atoms with E-state index in [1.807, 2.05) is 24.0 Å². The highest BCUT2D eigenvalue weighted by molar-refractivity contribution is 5.60. The standard InChI is InChI=1S/C13H14FN3/c1-2-17(12-5-3-4-10(14)8-12)13-7-6-11(15)9-16-13/h3-9H,2,15H2,1H3. The quantitative estimate of drug-likeness (QED) is 0.883. The molecule has 0 radical (unpaired) electrons. The highest BCUT2D eigenvalue weighted by Gasteiger charge is 2.08. The van der Waals surface area contributed by atoms with Gasteiger partial charge < -0.3 is 10.6 Å². The van der Waals surface area contributed by atoms with Crippen LogP contribution >= 0.6 is 0 Å². The molecule has 88 valence electrons. The summed E-state index contributed by atoms with van der Waals surface area (Å²) in [5, 5.41) is 0. The molecule has 1 heterocycles. The van der Waals surface area contributed by atoms with Crippen molar-refractivity contribution in [2.24, 2.45) is 0 Å². The summed E-state index contributed by atoms with van der Waals surface area (Å²) in [6.07, 6.45) is 1.59. The first-order chi connectivity index (χ1) is 8.20. The van der Waals surface area contributed by atoms with Crippen LogP contribution in [0.3, 0.4) is 0 Å². The Morgan fingerprint density at radius 2 is 2.12 bits per heavy atom. The second kappa shape index (κ2) is 4.82. The van der Waals surface area contributed by atoms with Gasteiger partial charge in [-0.15, -0.1) is 0 Å². The van der Waals surface area contributed by atoms with Gasteiger partial charge in [0.1, 0.15) is 11.6 Å². The summed E-state index contributed by atoms with van der Waals surface area (Å²) in [6.45, 7) is 2.70. The van der Waals surface area contributed by atoms with Gasteiger partial charge in [-0.25, -0.2) is 9.37 Å². The van der Waals surface area contributed by atoms with Crippen LogP contribution in [0.25, 0.3) is 0 Å². The van der Waals surface area contributed by atoms with Gasteiger partial charge in [-0.1, -0.05) is 6.07 Å². The highest BCUT2D eigenvalue weighted by atomic mass is 19.1. The molecule has 2 N–H and O–H groups in total. The normalized spacial score (nSPS) is 10.2. The van der Waals surface area contributed by atoms with Crippen LogP contribution in [0, 0.1) is 5.82 Å². The lowest BCUT2D eigenvalue weighted by molar-refractivity contribution is 0.627. The fraction of sp³-hybridized carbons (Fsp3) is 0.154. The Morgan fingerprint density at radius 1 is 1.29 bits per heavy atom. The summed E-state index contributed by atoms with van der Waals surface area (Å²) in [5.41, 5.74) is 6.99. The summed E-state index contributed by atoms with van der Waals surface area (Å²) < 4.78 is 13.2. The molecule has 0 aliphatic rings. The van der Waals surface area contributed by atoms with Gasteiger partial charge in [0.05, 0.1) is 11.9 Å². The molecule has 17 heavy (non-hydrogen) atoms. The average Bonchev–Trinajstić information content (AvgIpc) is 2.33. The number of nitrogens with zero attached hydrogens (tertiary/aromatic N) is 2. The number of aromatic nitrogens is 1. The second-order valence-electron chi connectivity index (χ2n) is 3.67. The van der Waals surface area contributed by atoms with E-state index in [0.717, 1.165) is 11.5 Å². The van der Waals surface area contributed by atoms with Gasteiger partial charge in [-0.05, 0) is 37.3 Å². The molecule has 0 saturated heterocycles. The molecule has 1 aromatic heterocycles. The Hall–Kier alpha value is -2.10. The molecule has 0 aliphatic carbocycles. The smallest absolute Gasteiger partial charge is 0.133 e. The third-order valence-corrected chi connectivity index (χ3v) is 2.48. The topological polar surface area (TPSA) is 42.1 Å². The van der Waals surface area contributed by atoms with Gasteiger partial charge >= 0.3 is 0 Å². The van der Waals surface area contributed by atoms with Crippen molar-refractivity contribution >= 4 is 17.2 Å². The molecule has 1 aromatic carbocycles. The number of pyridine rings is 1. The van der Waals surface area contributed by atoms with Crippen LogP contribution in [0.1, 0.15) is 6.92 Å². The Balaban J connectivity index is 2.36.